The zero-order chi connectivity index (χ0) is 7.23. The molecule has 0 bridgehead atoms. The van der Waals surface area contributed by atoms with Crippen LogP contribution < -0.4 is 5.32 Å². The van der Waals surface area contributed by atoms with Crippen molar-refractivity contribution in [2.24, 2.45) is 0 Å². The van der Waals surface area contributed by atoms with E-state index >= 15 is 0 Å². The number of alkyl halides is 1. The van der Waals surface area contributed by atoms with Gasteiger partial charge in [-0.1, -0.05) is 0 Å². The highest BCUT2D eigenvalue weighted by atomic mass is 35.5. The Morgan fingerprint density at radius 3 is 2.25 bits per heavy atom. The van der Waals surface area contributed by atoms with E-state index < -0.39 is 0 Å². The van der Waals surface area contributed by atoms with Crippen LogP contribution in [0.25, 0.3) is 0 Å². The van der Waals surface area contributed by atoms with Crippen molar-refractivity contribution in [3.63, 3.8) is 0 Å². The van der Waals surface area contributed by atoms with Gasteiger partial charge in [-0.05, 0) is 13.0 Å². The van der Waals surface area contributed by atoms with Gasteiger partial charge in [0.05, 0.1) is 0 Å². The molecule has 76 valence electrons. The lowest BCUT2D eigenvalue weighted by atomic mass is 10.3. The van der Waals surface area contributed by atoms with E-state index in [9.17, 15) is 0 Å². The van der Waals surface area contributed by atoms with Crippen molar-refractivity contribution in [1.29, 1.82) is 0 Å². The maximum Gasteiger partial charge on any atom is 0.0235 e. The van der Waals surface area contributed by atoms with Crippen LogP contribution in [0.5, 0.6) is 0 Å². The van der Waals surface area contributed by atoms with Crippen molar-refractivity contribution in [3.05, 3.63) is 0 Å². The fourth-order valence-corrected chi connectivity index (χ4v) is 1.34. The van der Waals surface area contributed by atoms with Crippen LogP contribution in [-0.4, -0.2) is 43.5 Å². The van der Waals surface area contributed by atoms with E-state index in [-0.39, 0.29) is 24.8 Å². The van der Waals surface area contributed by atoms with Crippen molar-refractivity contribution in [3.8, 4) is 0 Å². The lowest BCUT2D eigenvalue weighted by Crippen LogP contribution is -2.43. The average molecular weight is 236 g/mol. The van der Waals surface area contributed by atoms with E-state index in [1.807, 2.05) is 0 Å². The summed E-state index contributed by atoms with van der Waals surface area (Å²) in [4.78, 5) is 2.46. The summed E-state index contributed by atoms with van der Waals surface area (Å²) in [6.45, 7) is 5.84. The SMILES string of the molecule is Cl.Cl.ClCCCN1CCNCC1. The van der Waals surface area contributed by atoms with Crippen LogP contribution in [0.4, 0.5) is 0 Å². The topological polar surface area (TPSA) is 15.3 Å². The number of hydrogen-bond acceptors (Lipinski definition) is 2. The van der Waals surface area contributed by atoms with Crippen LogP contribution in [0.2, 0.25) is 0 Å². The summed E-state index contributed by atoms with van der Waals surface area (Å²) in [5.74, 6) is 0.796. The molecular formula is C7H17Cl3N2. The highest BCUT2D eigenvalue weighted by Crippen LogP contribution is 1.94. The normalized spacial score (nSPS) is 17.8. The summed E-state index contributed by atoms with van der Waals surface area (Å²) in [6, 6.07) is 0. The van der Waals surface area contributed by atoms with Gasteiger partial charge in [0.2, 0.25) is 0 Å². The second-order valence-corrected chi connectivity index (χ2v) is 3.01. The van der Waals surface area contributed by atoms with E-state index in [0.717, 1.165) is 25.4 Å². The first-order valence-corrected chi connectivity index (χ1v) is 4.46. The van der Waals surface area contributed by atoms with Crippen LogP contribution in [0.1, 0.15) is 6.42 Å². The number of piperazine rings is 1. The summed E-state index contributed by atoms with van der Waals surface area (Å²) in [7, 11) is 0. The van der Waals surface area contributed by atoms with Crippen LogP contribution in [0.3, 0.4) is 0 Å². The smallest absolute Gasteiger partial charge is 0.0235 e. The third kappa shape index (κ3) is 6.32. The Hall–Kier alpha value is 0.790. The molecule has 1 saturated heterocycles. The Labute approximate surface area is 91.8 Å². The maximum absolute atomic E-state index is 5.58. The molecule has 1 aliphatic rings. The van der Waals surface area contributed by atoms with Crippen LogP contribution >= 0.6 is 36.4 Å². The summed E-state index contributed by atoms with van der Waals surface area (Å²) in [5.41, 5.74) is 0. The first-order valence-electron chi connectivity index (χ1n) is 3.92. The molecule has 12 heavy (non-hydrogen) atoms. The molecule has 0 aliphatic carbocycles. The zero-order valence-corrected chi connectivity index (χ0v) is 9.48. The van der Waals surface area contributed by atoms with Gasteiger partial charge in [-0.15, -0.1) is 36.4 Å². The van der Waals surface area contributed by atoms with Gasteiger partial charge in [-0.2, -0.15) is 0 Å². The Bertz CT molecular complexity index is 86.7. The molecule has 1 heterocycles. The summed E-state index contributed by atoms with van der Waals surface area (Å²) < 4.78 is 0. The molecule has 2 nitrogen and oxygen atoms in total. The molecule has 1 rings (SSSR count). The molecule has 0 unspecified atom stereocenters. The molecule has 0 aromatic heterocycles. The molecule has 1 aliphatic heterocycles. The fraction of sp³-hybridized carbons (Fsp3) is 1.00. The average Bonchev–Trinajstić information content (AvgIpc) is 2.03. The number of rotatable bonds is 3. The predicted octanol–water partition coefficient (Wildman–Crippen LogP) is 1.36. The molecule has 0 atom stereocenters. The lowest BCUT2D eigenvalue weighted by molar-refractivity contribution is 0.242. The minimum absolute atomic E-state index is 0. The van der Waals surface area contributed by atoms with Gasteiger partial charge in [-0.3, -0.25) is 0 Å². The second kappa shape index (κ2) is 9.87. The standard InChI is InChI=1S/C7H15ClN2.2ClH/c8-2-1-5-10-6-3-9-4-7-10;;/h9H,1-7H2;2*1H. The zero-order valence-electron chi connectivity index (χ0n) is 7.09. The Morgan fingerprint density at radius 2 is 1.75 bits per heavy atom. The van der Waals surface area contributed by atoms with Crippen LogP contribution in [0.15, 0.2) is 0 Å². The van der Waals surface area contributed by atoms with Crippen molar-refractivity contribution in [2.45, 2.75) is 6.42 Å². The van der Waals surface area contributed by atoms with Crippen molar-refractivity contribution in [2.75, 3.05) is 38.6 Å². The molecule has 0 spiro atoms. The largest absolute Gasteiger partial charge is 0.314 e. The highest BCUT2D eigenvalue weighted by Gasteiger charge is 2.07. The fourth-order valence-electron chi connectivity index (χ4n) is 1.22. The highest BCUT2D eigenvalue weighted by molar-refractivity contribution is 6.17. The van der Waals surface area contributed by atoms with Gasteiger partial charge in [-0.25, -0.2) is 0 Å². The Balaban J connectivity index is 0. The number of nitrogens with one attached hydrogen (secondary N) is 1. The van der Waals surface area contributed by atoms with Crippen molar-refractivity contribution >= 4 is 36.4 Å². The van der Waals surface area contributed by atoms with Crippen molar-refractivity contribution < 1.29 is 0 Å². The van der Waals surface area contributed by atoms with E-state index in [1.54, 1.807) is 0 Å². The molecule has 0 saturated carbocycles. The van der Waals surface area contributed by atoms with E-state index in [2.05, 4.69) is 10.2 Å². The molecule has 0 amide bonds. The van der Waals surface area contributed by atoms with E-state index in [1.165, 1.54) is 19.6 Å². The minimum Gasteiger partial charge on any atom is -0.314 e. The molecule has 0 aromatic carbocycles. The van der Waals surface area contributed by atoms with Gasteiger partial charge in [0.15, 0.2) is 0 Å². The van der Waals surface area contributed by atoms with E-state index in [0.29, 0.717) is 0 Å². The molecule has 5 heteroatoms. The first-order chi connectivity index (χ1) is 4.93. The number of halogens is 3. The number of hydrogen-bond donors (Lipinski definition) is 1. The second-order valence-electron chi connectivity index (χ2n) is 2.63. The molecule has 0 aromatic rings. The summed E-state index contributed by atoms with van der Waals surface area (Å²) in [5, 5.41) is 3.32. The molecule has 1 N–H and O–H groups in total. The van der Waals surface area contributed by atoms with Crippen LogP contribution in [-0.2, 0) is 0 Å². The summed E-state index contributed by atoms with van der Waals surface area (Å²) >= 11 is 5.58. The van der Waals surface area contributed by atoms with Gasteiger partial charge >= 0.3 is 0 Å². The predicted molar refractivity (Wildman–Crippen MR) is 59.1 cm³/mol. The third-order valence-electron chi connectivity index (χ3n) is 1.82. The third-order valence-corrected chi connectivity index (χ3v) is 2.08. The molecular weight excluding hydrogens is 218 g/mol. The Morgan fingerprint density at radius 1 is 1.17 bits per heavy atom. The van der Waals surface area contributed by atoms with Gasteiger partial charge in [0.1, 0.15) is 0 Å². The monoisotopic (exact) mass is 234 g/mol. The Kier molecular flexibility index (Phi) is 12.6. The molecule has 0 radical (unpaired) electrons. The van der Waals surface area contributed by atoms with Gasteiger partial charge in [0.25, 0.3) is 0 Å². The van der Waals surface area contributed by atoms with Gasteiger partial charge < -0.3 is 10.2 Å². The van der Waals surface area contributed by atoms with Crippen LogP contribution in [0, 0.1) is 0 Å². The van der Waals surface area contributed by atoms with Crippen molar-refractivity contribution in [1.82, 2.24) is 10.2 Å². The lowest BCUT2D eigenvalue weighted by Gasteiger charge is -2.26. The minimum atomic E-state index is 0. The van der Waals surface area contributed by atoms with Gasteiger partial charge in [0, 0.05) is 32.1 Å². The first kappa shape index (κ1) is 15.3. The maximum atomic E-state index is 5.58. The quantitative estimate of drug-likeness (QED) is 0.744. The summed E-state index contributed by atoms with van der Waals surface area (Å²) in [6.07, 6.45) is 1.13. The number of nitrogens with zero attached hydrogens (tertiary/aromatic N) is 1. The van der Waals surface area contributed by atoms with E-state index in [4.69, 9.17) is 11.6 Å². The molecule has 1 fully saturated rings.